The van der Waals surface area contributed by atoms with Crippen molar-refractivity contribution in [2.75, 3.05) is 0 Å². The molecular formula is C18H34N2. The van der Waals surface area contributed by atoms with Gasteiger partial charge in [0.15, 0.2) is 0 Å². The Hall–Kier alpha value is -0.0800. The molecule has 0 aliphatic heterocycles. The molecule has 2 unspecified atom stereocenters. The van der Waals surface area contributed by atoms with E-state index in [9.17, 15) is 0 Å². The number of rotatable bonds is 3. The molecule has 2 atom stereocenters. The third kappa shape index (κ3) is 3.39. The van der Waals surface area contributed by atoms with Gasteiger partial charge in [-0.25, -0.2) is 0 Å². The quantitative estimate of drug-likeness (QED) is 0.837. The van der Waals surface area contributed by atoms with E-state index in [2.05, 4.69) is 4.90 Å². The van der Waals surface area contributed by atoms with Crippen molar-refractivity contribution >= 4 is 0 Å². The van der Waals surface area contributed by atoms with E-state index in [4.69, 9.17) is 5.73 Å². The van der Waals surface area contributed by atoms with Crippen molar-refractivity contribution in [2.24, 2.45) is 5.73 Å². The lowest BCUT2D eigenvalue weighted by molar-refractivity contribution is 0.0136. The molecule has 3 saturated carbocycles. The lowest BCUT2D eigenvalue weighted by atomic mass is 9.82. The molecule has 0 spiro atoms. The molecule has 0 aromatic heterocycles. The summed E-state index contributed by atoms with van der Waals surface area (Å²) in [5.74, 6) is 0. The summed E-state index contributed by atoms with van der Waals surface area (Å²) in [5.41, 5.74) is 6.55. The number of hydrogen-bond acceptors (Lipinski definition) is 2. The second-order valence-electron chi connectivity index (χ2n) is 7.55. The Morgan fingerprint density at radius 1 is 0.550 bits per heavy atom. The summed E-state index contributed by atoms with van der Waals surface area (Å²) < 4.78 is 0. The van der Waals surface area contributed by atoms with E-state index in [0.717, 1.165) is 12.1 Å². The summed E-state index contributed by atoms with van der Waals surface area (Å²) in [6, 6.07) is 2.88. The van der Waals surface area contributed by atoms with Crippen LogP contribution in [-0.4, -0.2) is 29.1 Å². The fraction of sp³-hybridized carbons (Fsp3) is 1.00. The van der Waals surface area contributed by atoms with E-state index < -0.39 is 0 Å². The van der Waals surface area contributed by atoms with Crippen molar-refractivity contribution in [1.82, 2.24) is 4.90 Å². The van der Waals surface area contributed by atoms with Crippen molar-refractivity contribution in [3.8, 4) is 0 Å². The average Bonchev–Trinajstić information content (AvgIpc) is 2.52. The first-order valence-corrected chi connectivity index (χ1v) is 9.39. The number of nitrogens with zero attached hydrogens (tertiary/aromatic N) is 1. The van der Waals surface area contributed by atoms with Crippen LogP contribution in [0.1, 0.15) is 89.9 Å². The summed E-state index contributed by atoms with van der Waals surface area (Å²) in [4.78, 5) is 2.97. The fourth-order valence-corrected chi connectivity index (χ4v) is 5.11. The molecule has 20 heavy (non-hydrogen) atoms. The topological polar surface area (TPSA) is 29.3 Å². The second kappa shape index (κ2) is 7.26. The predicted octanol–water partition coefficient (Wildman–Crippen LogP) is 4.22. The van der Waals surface area contributed by atoms with Gasteiger partial charge in [0.1, 0.15) is 0 Å². The van der Waals surface area contributed by atoms with Gasteiger partial charge < -0.3 is 5.73 Å². The minimum absolute atomic E-state index is 0.451. The molecule has 3 fully saturated rings. The average molecular weight is 278 g/mol. The summed E-state index contributed by atoms with van der Waals surface area (Å²) in [5, 5.41) is 0. The van der Waals surface area contributed by atoms with Gasteiger partial charge in [-0.3, -0.25) is 4.90 Å². The van der Waals surface area contributed by atoms with Crippen LogP contribution in [0.4, 0.5) is 0 Å². The maximum absolute atomic E-state index is 6.55. The molecule has 2 nitrogen and oxygen atoms in total. The van der Waals surface area contributed by atoms with Crippen molar-refractivity contribution in [1.29, 1.82) is 0 Å². The Morgan fingerprint density at radius 3 is 1.50 bits per heavy atom. The van der Waals surface area contributed by atoms with Crippen LogP contribution in [0.2, 0.25) is 0 Å². The third-order valence-electron chi connectivity index (χ3n) is 6.16. The van der Waals surface area contributed by atoms with Crippen molar-refractivity contribution in [3.63, 3.8) is 0 Å². The van der Waals surface area contributed by atoms with Gasteiger partial charge >= 0.3 is 0 Å². The maximum atomic E-state index is 6.55. The normalized spacial score (nSPS) is 34.5. The molecule has 0 bridgehead atoms. The first-order chi connectivity index (χ1) is 9.86. The summed E-state index contributed by atoms with van der Waals surface area (Å²) in [6.45, 7) is 0. The molecule has 3 aliphatic rings. The van der Waals surface area contributed by atoms with E-state index in [1.54, 1.807) is 0 Å². The molecule has 0 amide bonds. The Balaban J connectivity index is 1.73. The molecule has 0 radical (unpaired) electrons. The van der Waals surface area contributed by atoms with E-state index in [1.165, 1.54) is 89.9 Å². The first-order valence-electron chi connectivity index (χ1n) is 9.39. The molecule has 0 aromatic rings. The summed E-state index contributed by atoms with van der Waals surface area (Å²) >= 11 is 0. The van der Waals surface area contributed by atoms with Crippen LogP contribution < -0.4 is 5.73 Å². The SMILES string of the molecule is NC1CCCCC1N(C1CCCCC1)C1CCCCC1. The van der Waals surface area contributed by atoms with Crippen molar-refractivity contribution in [2.45, 2.75) is 114 Å². The predicted molar refractivity (Wildman–Crippen MR) is 85.8 cm³/mol. The zero-order chi connectivity index (χ0) is 13.8. The lowest BCUT2D eigenvalue weighted by Gasteiger charge is -2.49. The van der Waals surface area contributed by atoms with Crippen molar-refractivity contribution < 1.29 is 0 Å². The van der Waals surface area contributed by atoms with Gasteiger partial charge in [-0.15, -0.1) is 0 Å². The van der Waals surface area contributed by atoms with Gasteiger partial charge in [0.2, 0.25) is 0 Å². The van der Waals surface area contributed by atoms with Crippen LogP contribution in [-0.2, 0) is 0 Å². The highest BCUT2D eigenvalue weighted by Gasteiger charge is 2.37. The molecule has 0 aromatic carbocycles. The van der Waals surface area contributed by atoms with Gasteiger partial charge in [0, 0.05) is 24.2 Å². The Morgan fingerprint density at radius 2 is 1.00 bits per heavy atom. The van der Waals surface area contributed by atoms with Crippen LogP contribution in [0.25, 0.3) is 0 Å². The van der Waals surface area contributed by atoms with E-state index >= 15 is 0 Å². The van der Waals surface area contributed by atoms with E-state index in [1.807, 2.05) is 0 Å². The zero-order valence-electron chi connectivity index (χ0n) is 13.2. The first kappa shape index (κ1) is 14.8. The largest absolute Gasteiger partial charge is 0.326 e. The summed E-state index contributed by atoms with van der Waals surface area (Å²) in [7, 11) is 0. The molecular weight excluding hydrogens is 244 g/mol. The standard InChI is InChI=1S/C18H34N2/c19-17-13-7-8-14-18(17)20(15-9-3-1-4-10-15)16-11-5-2-6-12-16/h15-18H,1-14,19H2. The van der Waals surface area contributed by atoms with Gasteiger partial charge in [-0.05, 0) is 38.5 Å². The van der Waals surface area contributed by atoms with Crippen molar-refractivity contribution in [3.05, 3.63) is 0 Å². The third-order valence-corrected chi connectivity index (χ3v) is 6.16. The Labute approximate surface area is 125 Å². The fourth-order valence-electron chi connectivity index (χ4n) is 5.11. The second-order valence-corrected chi connectivity index (χ2v) is 7.55. The maximum Gasteiger partial charge on any atom is 0.0253 e. The highest BCUT2D eigenvalue weighted by molar-refractivity contribution is 4.94. The van der Waals surface area contributed by atoms with Crippen LogP contribution in [0, 0.1) is 0 Å². The molecule has 0 saturated heterocycles. The zero-order valence-corrected chi connectivity index (χ0v) is 13.2. The van der Waals surface area contributed by atoms with Gasteiger partial charge in [0.25, 0.3) is 0 Å². The Bertz CT molecular complexity index is 261. The lowest BCUT2D eigenvalue weighted by Crippen LogP contribution is -2.58. The van der Waals surface area contributed by atoms with Gasteiger partial charge in [0.05, 0.1) is 0 Å². The molecule has 0 heterocycles. The van der Waals surface area contributed by atoms with Crippen LogP contribution in [0.3, 0.4) is 0 Å². The minimum atomic E-state index is 0.451. The van der Waals surface area contributed by atoms with Gasteiger partial charge in [-0.1, -0.05) is 51.4 Å². The molecule has 2 N–H and O–H groups in total. The monoisotopic (exact) mass is 278 g/mol. The smallest absolute Gasteiger partial charge is 0.0253 e. The summed E-state index contributed by atoms with van der Waals surface area (Å²) in [6.07, 6.45) is 19.9. The van der Waals surface area contributed by atoms with Gasteiger partial charge in [-0.2, -0.15) is 0 Å². The van der Waals surface area contributed by atoms with E-state index in [0.29, 0.717) is 12.1 Å². The van der Waals surface area contributed by atoms with Crippen LogP contribution in [0.15, 0.2) is 0 Å². The molecule has 116 valence electrons. The minimum Gasteiger partial charge on any atom is -0.326 e. The van der Waals surface area contributed by atoms with Crippen LogP contribution in [0.5, 0.6) is 0 Å². The molecule has 3 rings (SSSR count). The van der Waals surface area contributed by atoms with E-state index in [-0.39, 0.29) is 0 Å². The highest BCUT2D eigenvalue weighted by atomic mass is 15.2. The Kier molecular flexibility index (Phi) is 5.39. The molecule has 3 aliphatic carbocycles. The highest BCUT2D eigenvalue weighted by Crippen LogP contribution is 2.35. The molecule has 2 heteroatoms. The number of hydrogen-bond donors (Lipinski definition) is 1. The number of nitrogens with two attached hydrogens (primary N) is 1. The van der Waals surface area contributed by atoms with Crippen LogP contribution >= 0.6 is 0 Å².